The first-order valence-corrected chi connectivity index (χ1v) is 9.85. The number of nitrogens with zero attached hydrogens (tertiary/aromatic N) is 1. The molecule has 0 radical (unpaired) electrons. The number of benzene rings is 2. The number of aliphatic carboxylic acids is 1. The summed E-state index contributed by atoms with van der Waals surface area (Å²) in [5.41, 5.74) is 0.105. The quantitative estimate of drug-likeness (QED) is 0.780. The summed E-state index contributed by atoms with van der Waals surface area (Å²) in [7, 11) is 0. The van der Waals surface area contributed by atoms with Crippen molar-refractivity contribution < 1.29 is 24.2 Å². The van der Waals surface area contributed by atoms with Crippen molar-refractivity contribution >= 4 is 11.9 Å². The monoisotopic (exact) mass is 399 g/mol. The third-order valence-corrected chi connectivity index (χ3v) is 5.86. The van der Waals surface area contributed by atoms with Crippen molar-refractivity contribution in [2.75, 3.05) is 13.1 Å². The number of piperidine rings is 1. The van der Waals surface area contributed by atoms with Crippen molar-refractivity contribution in [3.05, 3.63) is 71.0 Å². The second-order valence-corrected chi connectivity index (χ2v) is 7.76. The average molecular weight is 399 g/mol. The first-order chi connectivity index (χ1) is 13.8. The van der Waals surface area contributed by atoms with Crippen LogP contribution in [0, 0.1) is 18.2 Å². The number of aliphatic hydroxyl groups is 1. The van der Waals surface area contributed by atoms with Gasteiger partial charge in [0.25, 0.3) is 5.91 Å². The van der Waals surface area contributed by atoms with Crippen LogP contribution in [0.3, 0.4) is 0 Å². The third kappa shape index (κ3) is 4.32. The highest BCUT2D eigenvalue weighted by Gasteiger charge is 2.50. The number of amides is 1. The van der Waals surface area contributed by atoms with Gasteiger partial charge in [-0.1, -0.05) is 42.5 Å². The van der Waals surface area contributed by atoms with Crippen molar-refractivity contribution in [3.8, 4) is 0 Å². The van der Waals surface area contributed by atoms with Crippen molar-refractivity contribution in [1.29, 1.82) is 0 Å². The van der Waals surface area contributed by atoms with Crippen LogP contribution in [0.1, 0.15) is 40.7 Å². The van der Waals surface area contributed by atoms with Crippen LogP contribution in [0.2, 0.25) is 0 Å². The highest BCUT2D eigenvalue weighted by Crippen LogP contribution is 2.37. The number of carbonyl (C=O) groups is 2. The van der Waals surface area contributed by atoms with E-state index in [1.807, 2.05) is 30.3 Å². The number of carboxylic acid groups (broad SMARTS) is 1. The zero-order chi connectivity index (χ0) is 21.0. The number of aliphatic hydroxyl groups excluding tert-OH is 1. The SMILES string of the molecule is Cc1cccc(F)c1C(=O)N1CC[C@@H](O)[C@](CCCc2ccccc2)(C(=O)O)C1. The summed E-state index contributed by atoms with van der Waals surface area (Å²) in [6.45, 7) is 1.71. The van der Waals surface area contributed by atoms with Gasteiger partial charge in [-0.25, -0.2) is 4.39 Å². The molecule has 0 spiro atoms. The van der Waals surface area contributed by atoms with Gasteiger partial charge in [0.2, 0.25) is 0 Å². The lowest BCUT2D eigenvalue weighted by Crippen LogP contribution is -2.57. The Morgan fingerprint density at radius 1 is 1.17 bits per heavy atom. The second kappa shape index (κ2) is 8.74. The van der Waals surface area contributed by atoms with Crippen LogP contribution in [0.25, 0.3) is 0 Å². The molecule has 2 aromatic rings. The Morgan fingerprint density at radius 2 is 1.90 bits per heavy atom. The number of carbonyl (C=O) groups excluding carboxylic acids is 1. The molecule has 3 rings (SSSR count). The minimum Gasteiger partial charge on any atom is -0.481 e. The lowest BCUT2D eigenvalue weighted by molar-refractivity contribution is -0.162. The van der Waals surface area contributed by atoms with Crippen LogP contribution in [0.5, 0.6) is 0 Å². The molecule has 6 heteroatoms. The van der Waals surface area contributed by atoms with E-state index in [1.54, 1.807) is 13.0 Å². The number of hydrogen-bond acceptors (Lipinski definition) is 3. The van der Waals surface area contributed by atoms with Gasteiger partial charge in [0.1, 0.15) is 11.2 Å². The Balaban J connectivity index is 1.79. The molecule has 29 heavy (non-hydrogen) atoms. The predicted molar refractivity (Wildman–Crippen MR) is 107 cm³/mol. The van der Waals surface area contributed by atoms with E-state index in [9.17, 15) is 24.2 Å². The molecule has 0 aromatic heterocycles. The molecule has 1 saturated heterocycles. The van der Waals surface area contributed by atoms with Gasteiger partial charge in [-0.3, -0.25) is 9.59 Å². The topological polar surface area (TPSA) is 77.8 Å². The Hall–Kier alpha value is -2.73. The lowest BCUT2D eigenvalue weighted by Gasteiger charge is -2.43. The normalized spacial score (nSPS) is 21.8. The fraction of sp³-hybridized carbons (Fsp3) is 0.391. The van der Waals surface area contributed by atoms with Crippen LogP contribution >= 0.6 is 0 Å². The predicted octanol–water partition coefficient (Wildman–Crippen LogP) is 3.43. The summed E-state index contributed by atoms with van der Waals surface area (Å²) in [4.78, 5) is 26.5. The molecule has 0 bridgehead atoms. The first kappa shape index (κ1) is 21.0. The molecule has 1 amide bonds. The highest BCUT2D eigenvalue weighted by molar-refractivity contribution is 5.96. The Labute approximate surface area is 169 Å². The number of carboxylic acids is 1. The minimum absolute atomic E-state index is 0.0348. The third-order valence-electron chi connectivity index (χ3n) is 5.86. The summed E-state index contributed by atoms with van der Waals surface area (Å²) in [5, 5.41) is 20.5. The zero-order valence-corrected chi connectivity index (χ0v) is 16.5. The van der Waals surface area contributed by atoms with Crippen molar-refractivity contribution in [1.82, 2.24) is 4.90 Å². The van der Waals surface area contributed by atoms with Crippen LogP contribution < -0.4 is 0 Å². The number of aryl methyl sites for hydroxylation is 2. The summed E-state index contributed by atoms with van der Waals surface area (Å²) in [6, 6.07) is 14.1. The van der Waals surface area contributed by atoms with Crippen LogP contribution in [-0.4, -0.2) is 46.2 Å². The maximum atomic E-state index is 14.3. The van der Waals surface area contributed by atoms with Crippen LogP contribution in [0.15, 0.2) is 48.5 Å². The van der Waals surface area contributed by atoms with Gasteiger partial charge >= 0.3 is 5.97 Å². The molecule has 2 atom stereocenters. The summed E-state index contributed by atoms with van der Waals surface area (Å²) in [6.07, 6.45) is 0.577. The minimum atomic E-state index is -1.46. The van der Waals surface area contributed by atoms with Crippen molar-refractivity contribution in [2.45, 2.75) is 38.7 Å². The molecule has 1 fully saturated rings. The first-order valence-electron chi connectivity index (χ1n) is 9.85. The van der Waals surface area contributed by atoms with E-state index in [0.717, 1.165) is 5.56 Å². The largest absolute Gasteiger partial charge is 0.481 e. The summed E-state index contributed by atoms with van der Waals surface area (Å²) < 4.78 is 14.3. The van der Waals surface area contributed by atoms with E-state index in [0.29, 0.717) is 18.4 Å². The van der Waals surface area contributed by atoms with Crippen LogP contribution in [0.4, 0.5) is 4.39 Å². The zero-order valence-electron chi connectivity index (χ0n) is 16.5. The standard InChI is InChI=1S/C23H26FNO4/c1-16-7-5-11-18(24)20(16)21(27)25-14-12-19(26)23(15-25,22(28)29)13-6-10-17-8-3-2-4-9-17/h2-5,7-9,11,19,26H,6,10,12-15H2,1H3,(H,28,29)/t19-,23-/m1/s1. The van der Waals surface area contributed by atoms with Gasteiger partial charge in [-0.05, 0) is 49.8 Å². The molecule has 154 valence electrons. The molecule has 0 saturated carbocycles. The highest BCUT2D eigenvalue weighted by atomic mass is 19.1. The van der Waals surface area contributed by atoms with Crippen LogP contribution in [-0.2, 0) is 11.2 Å². The molecule has 2 aromatic carbocycles. The van der Waals surface area contributed by atoms with E-state index < -0.39 is 29.2 Å². The Bertz CT molecular complexity index is 865. The molecule has 1 aliphatic rings. The van der Waals surface area contributed by atoms with Gasteiger partial charge in [-0.2, -0.15) is 0 Å². The Morgan fingerprint density at radius 3 is 2.55 bits per heavy atom. The van der Waals surface area contributed by atoms with E-state index in [4.69, 9.17) is 0 Å². The van der Waals surface area contributed by atoms with Gasteiger partial charge in [0, 0.05) is 13.1 Å². The number of likely N-dealkylation sites (tertiary alicyclic amines) is 1. The van der Waals surface area contributed by atoms with Gasteiger partial charge in [0.15, 0.2) is 0 Å². The van der Waals surface area contributed by atoms with Gasteiger partial charge in [-0.15, -0.1) is 0 Å². The van der Waals surface area contributed by atoms with Crippen molar-refractivity contribution in [3.63, 3.8) is 0 Å². The molecule has 0 aliphatic carbocycles. The smallest absolute Gasteiger partial charge is 0.314 e. The van der Waals surface area contributed by atoms with E-state index in [-0.39, 0.29) is 31.5 Å². The number of halogens is 1. The molecule has 0 unspecified atom stereocenters. The Kier molecular flexibility index (Phi) is 6.33. The van der Waals surface area contributed by atoms with E-state index in [2.05, 4.69) is 0 Å². The molecular formula is C23H26FNO4. The summed E-state index contributed by atoms with van der Waals surface area (Å²) >= 11 is 0. The summed E-state index contributed by atoms with van der Waals surface area (Å²) in [5.74, 6) is -2.27. The molecule has 5 nitrogen and oxygen atoms in total. The van der Waals surface area contributed by atoms with Crippen molar-refractivity contribution in [2.24, 2.45) is 5.41 Å². The van der Waals surface area contributed by atoms with Gasteiger partial charge < -0.3 is 15.1 Å². The number of hydrogen-bond donors (Lipinski definition) is 2. The van der Waals surface area contributed by atoms with E-state index in [1.165, 1.54) is 17.0 Å². The van der Waals surface area contributed by atoms with Gasteiger partial charge in [0.05, 0.1) is 11.7 Å². The lowest BCUT2D eigenvalue weighted by atomic mass is 9.73. The number of rotatable bonds is 6. The second-order valence-electron chi connectivity index (χ2n) is 7.76. The fourth-order valence-corrected chi connectivity index (χ4v) is 4.13. The molecular weight excluding hydrogens is 373 g/mol. The molecule has 1 heterocycles. The maximum Gasteiger partial charge on any atom is 0.314 e. The fourth-order valence-electron chi connectivity index (χ4n) is 4.13. The maximum absolute atomic E-state index is 14.3. The molecule has 1 aliphatic heterocycles. The molecule has 2 N–H and O–H groups in total. The van der Waals surface area contributed by atoms with E-state index >= 15 is 0 Å². The average Bonchev–Trinajstić information content (AvgIpc) is 2.70.